The summed E-state index contributed by atoms with van der Waals surface area (Å²) >= 11 is 0. The molecule has 1 aromatic rings. The van der Waals surface area contributed by atoms with Crippen LogP contribution in [0.5, 0.6) is 0 Å². The highest BCUT2D eigenvalue weighted by Crippen LogP contribution is 2.34. The molecule has 23 heavy (non-hydrogen) atoms. The molecule has 0 saturated heterocycles. The van der Waals surface area contributed by atoms with Gasteiger partial charge in [0.05, 0.1) is 11.1 Å². The lowest BCUT2D eigenvalue weighted by atomic mass is 9.80. The fourth-order valence-electron chi connectivity index (χ4n) is 2.49. The number of halogens is 3. The predicted octanol–water partition coefficient (Wildman–Crippen LogP) is 3.60. The van der Waals surface area contributed by atoms with Crippen LogP contribution < -0.4 is 5.32 Å². The standard InChI is InChI=1S/C17H18F3NO2/c1-10(2)21-9-14-15(22)7-12(8-16(14)23)11-3-5-13(6-4-11)17(18,19)20/h3-6,9-10,12,21H,7-8H2,1-2H3. The smallest absolute Gasteiger partial charge is 0.388 e. The second-order valence-electron chi connectivity index (χ2n) is 5.95. The van der Waals surface area contributed by atoms with Gasteiger partial charge >= 0.3 is 6.18 Å². The molecule has 124 valence electrons. The molecule has 2 rings (SSSR count). The van der Waals surface area contributed by atoms with Gasteiger partial charge in [-0.2, -0.15) is 13.2 Å². The van der Waals surface area contributed by atoms with E-state index in [2.05, 4.69) is 5.32 Å². The number of carbonyl (C=O) groups excluding carboxylic acids is 2. The summed E-state index contributed by atoms with van der Waals surface area (Å²) < 4.78 is 37.7. The average molecular weight is 325 g/mol. The first-order valence-electron chi connectivity index (χ1n) is 7.38. The second kappa shape index (κ2) is 6.56. The zero-order valence-corrected chi connectivity index (χ0v) is 12.9. The molecular weight excluding hydrogens is 307 g/mol. The summed E-state index contributed by atoms with van der Waals surface area (Å²) in [5, 5.41) is 2.93. The molecule has 0 atom stereocenters. The SMILES string of the molecule is CC(C)NC=C1C(=O)CC(c2ccc(C(F)(F)F)cc2)CC1=O. The molecule has 0 radical (unpaired) electrons. The van der Waals surface area contributed by atoms with E-state index in [-0.39, 0.29) is 41.9 Å². The van der Waals surface area contributed by atoms with E-state index in [0.29, 0.717) is 5.56 Å². The number of rotatable bonds is 3. The van der Waals surface area contributed by atoms with Gasteiger partial charge in [-0.15, -0.1) is 0 Å². The molecule has 0 spiro atoms. The summed E-state index contributed by atoms with van der Waals surface area (Å²) in [4.78, 5) is 24.2. The van der Waals surface area contributed by atoms with Gasteiger partial charge in [0.2, 0.25) is 0 Å². The van der Waals surface area contributed by atoms with Crippen molar-refractivity contribution in [3.05, 3.63) is 47.2 Å². The van der Waals surface area contributed by atoms with Crippen LogP contribution in [0.2, 0.25) is 0 Å². The van der Waals surface area contributed by atoms with E-state index in [1.807, 2.05) is 13.8 Å². The van der Waals surface area contributed by atoms with E-state index in [9.17, 15) is 22.8 Å². The van der Waals surface area contributed by atoms with Crippen molar-refractivity contribution < 1.29 is 22.8 Å². The van der Waals surface area contributed by atoms with Crippen molar-refractivity contribution in [2.45, 2.75) is 44.8 Å². The van der Waals surface area contributed by atoms with Crippen LogP contribution in [0.4, 0.5) is 13.2 Å². The minimum atomic E-state index is -4.39. The van der Waals surface area contributed by atoms with Crippen LogP contribution in [0.3, 0.4) is 0 Å². The van der Waals surface area contributed by atoms with E-state index in [1.54, 1.807) is 0 Å². The molecule has 1 aromatic carbocycles. The number of allylic oxidation sites excluding steroid dienone is 1. The molecule has 1 aliphatic carbocycles. The lowest BCUT2D eigenvalue weighted by Gasteiger charge is -2.23. The summed E-state index contributed by atoms with van der Waals surface area (Å²) in [5.41, 5.74) is -0.0196. The number of benzene rings is 1. The zero-order valence-electron chi connectivity index (χ0n) is 12.9. The maximum Gasteiger partial charge on any atom is 0.416 e. The van der Waals surface area contributed by atoms with Crippen molar-refractivity contribution in [3.8, 4) is 0 Å². The Morgan fingerprint density at radius 2 is 1.61 bits per heavy atom. The topological polar surface area (TPSA) is 46.2 Å². The Morgan fingerprint density at radius 3 is 2.04 bits per heavy atom. The van der Waals surface area contributed by atoms with Gasteiger partial charge in [-0.05, 0) is 37.5 Å². The largest absolute Gasteiger partial charge is 0.416 e. The van der Waals surface area contributed by atoms with Crippen molar-refractivity contribution in [2.24, 2.45) is 0 Å². The molecule has 0 heterocycles. The highest BCUT2D eigenvalue weighted by Gasteiger charge is 2.33. The fraction of sp³-hybridized carbons (Fsp3) is 0.412. The van der Waals surface area contributed by atoms with Crippen LogP contribution in [0, 0.1) is 0 Å². The van der Waals surface area contributed by atoms with Crippen LogP contribution in [-0.4, -0.2) is 17.6 Å². The van der Waals surface area contributed by atoms with Crippen LogP contribution in [-0.2, 0) is 15.8 Å². The Bertz CT molecular complexity index is 610. The first-order valence-corrected chi connectivity index (χ1v) is 7.38. The van der Waals surface area contributed by atoms with Crippen molar-refractivity contribution in [1.29, 1.82) is 0 Å². The van der Waals surface area contributed by atoms with Crippen LogP contribution in [0.1, 0.15) is 43.7 Å². The molecule has 1 saturated carbocycles. The minimum absolute atomic E-state index is 0.107. The number of carbonyl (C=O) groups is 2. The van der Waals surface area contributed by atoms with Crippen molar-refractivity contribution >= 4 is 11.6 Å². The maximum atomic E-state index is 12.6. The average Bonchev–Trinajstić information content (AvgIpc) is 2.45. The molecule has 3 nitrogen and oxygen atoms in total. The van der Waals surface area contributed by atoms with Gasteiger partial charge in [-0.25, -0.2) is 0 Å². The quantitative estimate of drug-likeness (QED) is 0.682. The summed E-state index contributed by atoms with van der Waals surface area (Å²) in [6.45, 7) is 3.78. The number of nitrogens with one attached hydrogen (secondary N) is 1. The number of ketones is 2. The molecule has 0 aliphatic heterocycles. The molecule has 0 bridgehead atoms. The Morgan fingerprint density at radius 1 is 1.09 bits per heavy atom. The van der Waals surface area contributed by atoms with Crippen LogP contribution >= 0.6 is 0 Å². The van der Waals surface area contributed by atoms with Crippen molar-refractivity contribution in [2.75, 3.05) is 0 Å². The number of hydrogen-bond donors (Lipinski definition) is 1. The summed E-state index contributed by atoms with van der Waals surface area (Å²) in [6, 6.07) is 4.76. The molecule has 0 aromatic heterocycles. The molecule has 0 unspecified atom stereocenters. The van der Waals surface area contributed by atoms with Gasteiger partial charge in [0.25, 0.3) is 0 Å². The third-order valence-electron chi connectivity index (χ3n) is 3.73. The first kappa shape index (κ1) is 17.2. The highest BCUT2D eigenvalue weighted by molar-refractivity contribution is 6.22. The van der Waals surface area contributed by atoms with E-state index in [0.717, 1.165) is 12.1 Å². The number of hydrogen-bond acceptors (Lipinski definition) is 3. The third-order valence-corrected chi connectivity index (χ3v) is 3.73. The van der Waals surface area contributed by atoms with Crippen molar-refractivity contribution in [3.63, 3.8) is 0 Å². The molecule has 1 N–H and O–H groups in total. The Kier molecular flexibility index (Phi) is 4.92. The maximum absolute atomic E-state index is 12.6. The highest BCUT2D eigenvalue weighted by atomic mass is 19.4. The first-order chi connectivity index (χ1) is 10.7. The van der Waals surface area contributed by atoms with Gasteiger partial charge in [0.15, 0.2) is 11.6 Å². The number of alkyl halides is 3. The molecule has 1 fully saturated rings. The van der Waals surface area contributed by atoms with Gasteiger partial charge in [-0.1, -0.05) is 12.1 Å². The van der Waals surface area contributed by atoms with Gasteiger partial charge in [-0.3, -0.25) is 9.59 Å². The minimum Gasteiger partial charge on any atom is -0.388 e. The summed E-state index contributed by atoms with van der Waals surface area (Å²) in [7, 11) is 0. The van der Waals surface area contributed by atoms with E-state index in [1.165, 1.54) is 18.3 Å². The molecular formula is C17H18F3NO2. The van der Waals surface area contributed by atoms with E-state index < -0.39 is 11.7 Å². The molecule has 0 amide bonds. The lowest BCUT2D eigenvalue weighted by Crippen LogP contribution is -2.28. The Hall–Kier alpha value is -2.11. The summed E-state index contributed by atoms with van der Waals surface area (Å²) in [6.07, 6.45) is -2.70. The second-order valence-corrected chi connectivity index (χ2v) is 5.95. The molecule has 6 heteroatoms. The lowest BCUT2D eigenvalue weighted by molar-refractivity contribution is -0.137. The van der Waals surface area contributed by atoms with E-state index >= 15 is 0 Å². The fourth-order valence-corrected chi connectivity index (χ4v) is 2.49. The normalized spacial score (nSPS) is 19.2. The van der Waals surface area contributed by atoms with Crippen LogP contribution in [0.25, 0.3) is 0 Å². The predicted molar refractivity (Wildman–Crippen MR) is 79.8 cm³/mol. The molecule has 1 aliphatic rings. The zero-order chi connectivity index (χ0) is 17.2. The van der Waals surface area contributed by atoms with Gasteiger partial charge < -0.3 is 5.32 Å². The number of Topliss-reactive ketones (excluding diaryl/α,β-unsaturated/α-hetero) is 2. The van der Waals surface area contributed by atoms with Gasteiger partial charge in [0, 0.05) is 25.1 Å². The Labute approximate surface area is 132 Å². The third kappa shape index (κ3) is 4.21. The monoisotopic (exact) mass is 325 g/mol. The summed E-state index contributed by atoms with van der Waals surface area (Å²) in [5.74, 6) is -0.924. The van der Waals surface area contributed by atoms with E-state index in [4.69, 9.17) is 0 Å². The van der Waals surface area contributed by atoms with Gasteiger partial charge in [0.1, 0.15) is 0 Å². The Balaban J connectivity index is 2.14. The van der Waals surface area contributed by atoms with Crippen LogP contribution in [0.15, 0.2) is 36.0 Å². The van der Waals surface area contributed by atoms with Crippen molar-refractivity contribution in [1.82, 2.24) is 5.32 Å².